The van der Waals surface area contributed by atoms with Gasteiger partial charge >= 0.3 is 0 Å². The predicted molar refractivity (Wildman–Crippen MR) is 2.22 cm³/mol. The first-order valence-corrected chi connectivity index (χ1v) is 1.90. The summed E-state index contributed by atoms with van der Waals surface area (Å²) in [4.78, 5) is 0. The van der Waals surface area contributed by atoms with Gasteiger partial charge in [-0.05, 0) is 0 Å². The molecule has 0 aromatic heterocycles. The predicted octanol–water partition coefficient (Wildman–Crippen LogP) is -4.12. The van der Waals surface area contributed by atoms with Crippen LogP contribution in [0.15, 0.2) is 0 Å². The van der Waals surface area contributed by atoms with Crippen LogP contribution in [0.1, 0.15) is 0 Å². The Kier molecular flexibility index (Phi) is 5.88. The van der Waals surface area contributed by atoms with Crippen molar-refractivity contribution in [3.05, 3.63) is 0 Å². The van der Waals surface area contributed by atoms with Crippen molar-refractivity contribution in [1.29, 1.82) is 0 Å². The fourth-order valence-electron chi connectivity index (χ4n) is 0. The van der Waals surface area contributed by atoms with Crippen molar-refractivity contribution in [3.8, 4) is 0 Å². The molecule has 43 valence electrons. The standard InChI is InChI=1S/ClHO4.Ho/c2-1(3,4)5;/h(H,2,3,4,5);. The molecular weight excluding hydrogens is 264 g/mol. The van der Waals surface area contributed by atoms with E-state index in [1.807, 2.05) is 0 Å². The van der Waals surface area contributed by atoms with Gasteiger partial charge in [0.15, 0.2) is 0 Å². The van der Waals surface area contributed by atoms with Crippen molar-refractivity contribution in [2.24, 2.45) is 0 Å². The maximum Gasteiger partial charge on any atom is 0.0777 e. The SMILES string of the molecule is [Ho].[O-][Cl+3]([O-])([O-])O. The summed E-state index contributed by atoms with van der Waals surface area (Å²) >= 11 is 0. The summed E-state index contributed by atoms with van der Waals surface area (Å²) in [5, 5.41) is 0. The maximum atomic E-state index is 8.60. The largest absolute Gasteiger partial charge is 0.183 e. The third kappa shape index (κ3) is 53.8. The molecule has 0 saturated carbocycles. The molecule has 0 heterocycles. The van der Waals surface area contributed by atoms with E-state index in [1.165, 1.54) is 0 Å². The van der Waals surface area contributed by atoms with Crippen LogP contribution in [0.3, 0.4) is 0 Å². The smallest absolute Gasteiger partial charge is 0.0777 e. The Labute approximate surface area is 66.1 Å². The van der Waals surface area contributed by atoms with Gasteiger partial charge in [0, 0.05) is 37.7 Å². The summed E-state index contributed by atoms with van der Waals surface area (Å²) in [6, 6.07) is 0. The molecule has 0 fully saturated rings. The van der Waals surface area contributed by atoms with Gasteiger partial charge in [-0.2, -0.15) is 14.0 Å². The van der Waals surface area contributed by atoms with E-state index in [-0.39, 0.29) is 37.7 Å². The second kappa shape index (κ2) is 3.40. The second-order valence-corrected chi connectivity index (χ2v) is 1.19. The Morgan fingerprint density at radius 2 is 1.17 bits per heavy atom. The van der Waals surface area contributed by atoms with Gasteiger partial charge in [-0.3, -0.25) is 0 Å². The molecule has 6 heteroatoms. The molecule has 0 aliphatic heterocycles. The van der Waals surface area contributed by atoms with Crippen LogP contribution in [0.25, 0.3) is 0 Å². The zero-order valence-electron chi connectivity index (χ0n) is 2.35. The van der Waals surface area contributed by atoms with Gasteiger partial charge in [-0.15, -0.1) is 0 Å². The van der Waals surface area contributed by atoms with Crippen molar-refractivity contribution in [3.63, 3.8) is 0 Å². The molecule has 1 N–H and O–H groups in total. The Morgan fingerprint density at radius 1 is 1.17 bits per heavy atom. The van der Waals surface area contributed by atoms with Crippen LogP contribution in [0, 0.1) is 48.0 Å². The number of rotatable bonds is 0. The second-order valence-electron chi connectivity index (χ2n) is 0.396. The van der Waals surface area contributed by atoms with Gasteiger partial charge in [-0.25, -0.2) is 0 Å². The van der Waals surface area contributed by atoms with Gasteiger partial charge in [0.2, 0.25) is 0 Å². The Morgan fingerprint density at radius 3 is 1.17 bits per heavy atom. The van der Waals surface area contributed by atoms with E-state index in [0.717, 1.165) is 0 Å². The average Bonchev–Trinajstić information content (AvgIpc) is 0.722. The maximum absolute atomic E-state index is 8.60. The fraction of sp³-hybridized carbons (Fsp3) is 0. The Hall–Kier alpha value is 1.39. The van der Waals surface area contributed by atoms with Crippen molar-refractivity contribution >= 4 is 0 Å². The van der Waals surface area contributed by atoms with Crippen molar-refractivity contribution in [2.45, 2.75) is 0 Å². The normalized spacial score (nSPS) is 10.0. The summed E-state index contributed by atoms with van der Waals surface area (Å²) in [7, 11) is -4.69. The molecule has 6 heavy (non-hydrogen) atoms. The molecule has 0 rings (SSSR count). The van der Waals surface area contributed by atoms with Crippen LogP contribution in [0.2, 0.25) is 0 Å². The van der Waals surface area contributed by atoms with Crippen LogP contribution in [0.5, 0.6) is 0 Å². The van der Waals surface area contributed by atoms with Gasteiger partial charge in [-0.1, -0.05) is 0 Å². The van der Waals surface area contributed by atoms with Crippen molar-refractivity contribution in [1.82, 2.24) is 0 Å². The molecule has 0 aromatic rings. The van der Waals surface area contributed by atoms with Crippen LogP contribution in [0.4, 0.5) is 0 Å². The van der Waals surface area contributed by atoms with E-state index < -0.39 is 10.2 Å². The van der Waals surface area contributed by atoms with Gasteiger partial charge in [0.25, 0.3) is 0 Å². The molecule has 0 bridgehead atoms. The minimum absolute atomic E-state index is 0. The fourth-order valence-corrected chi connectivity index (χ4v) is 0. The topological polar surface area (TPSA) is 89.4 Å². The van der Waals surface area contributed by atoms with Gasteiger partial charge in [0.1, 0.15) is 0 Å². The molecule has 0 spiro atoms. The molecule has 0 aliphatic carbocycles. The average molecular weight is 265 g/mol. The van der Waals surface area contributed by atoms with E-state index in [2.05, 4.69) is 0 Å². The third-order valence-electron chi connectivity index (χ3n) is 0. The molecule has 0 unspecified atom stereocenters. The van der Waals surface area contributed by atoms with E-state index in [0.29, 0.717) is 0 Å². The summed E-state index contributed by atoms with van der Waals surface area (Å²) < 4.78 is 32.7. The van der Waals surface area contributed by atoms with E-state index in [1.54, 1.807) is 0 Å². The monoisotopic (exact) mass is 265 g/mol. The van der Waals surface area contributed by atoms with Gasteiger partial charge in [0.05, 0.1) is 14.9 Å². The zero-order valence-corrected chi connectivity index (χ0v) is 5.04. The zero-order chi connectivity index (χ0) is 4.50. The first-order valence-electron chi connectivity index (χ1n) is 0.632. The van der Waals surface area contributed by atoms with Crippen LogP contribution < -0.4 is 14.0 Å². The Bertz CT molecular complexity index is 23.0. The summed E-state index contributed by atoms with van der Waals surface area (Å²) in [6.45, 7) is 0. The van der Waals surface area contributed by atoms with E-state index >= 15 is 0 Å². The summed E-state index contributed by atoms with van der Waals surface area (Å²) in [5.41, 5.74) is 0. The van der Waals surface area contributed by atoms with Crippen LogP contribution in [-0.2, 0) is 0 Å². The number of halogens is 1. The minimum atomic E-state index is -4.69. The quantitative estimate of drug-likeness (QED) is 0.451. The van der Waals surface area contributed by atoms with E-state index in [4.69, 9.17) is 18.6 Å². The Balaban J connectivity index is 0. The molecule has 0 aromatic carbocycles. The number of hydrogen-bond donors (Lipinski definition) is 1. The van der Waals surface area contributed by atoms with Crippen molar-refractivity contribution < 1.29 is 66.6 Å². The van der Waals surface area contributed by atoms with Gasteiger partial charge < -0.3 is 0 Å². The van der Waals surface area contributed by atoms with E-state index in [9.17, 15) is 0 Å². The third-order valence-corrected chi connectivity index (χ3v) is 0. The van der Waals surface area contributed by atoms with Crippen LogP contribution in [-0.4, -0.2) is 4.66 Å². The summed E-state index contributed by atoms with van der Waals surface area (Å²) in [6.07, 6.45) is 0. The molecule has 0 amide bonds. The summed E-state index contributed by atoms with van der Waals surface area (Å²) in [5.74, 6) is 0. The minimum Gasteiger partial charge on any atom is -0.183 e. The molecule has 0 saturated heterocycles. The molecule has 0 atom stereocenters. The molecule has 0 aliphatic rings. The van der Waals surface area contributed by atoms with Crippen molar-refractivity contribution in [2.75, 3.05) is 0 Å². The first kappa shape index (κ1) is 10.4. The molecule has 1 radical (unpaired) electrons. The van der Waals surface area contributed by atoms with Crippen LogP contribution >= 0.6 is 0 Å². The molecular formula is HClHoO4. The first-order chi connectivity index (χ1) is 2.00. The number of hydrogen-bond acceptors (Lipinski definition) is 4. The molecule has 4 nitrogen and oxygen atoms in total.